The molecule has 1 spiro atoms. The summed E-state index contributed by atoms with van der Waals surface area (Å²) in [5.41, 5.74) is 4.57. The van der Waals surface area contributed by atoms with Gasteiger partial charge in [-0.2, -0.15) is 0 Å². The maximum atomic E-state index is 5.66. The molecule has 0 radical (unpaired) electrons. The van der Waals surface area contributed by atoms with E-state index in [0.717, 1.165) is 12.3 Å². The Balaban J connectivity index is 2.03. The Morgan fingerprint density at radius 3 is 2.47 bits per heavy atom. The second-order valence-electron chi connectivity index (χ2n) is 6.39. The molecule has 19 heavy (non-hydrogen) atoms. The van der Waals surface area contributed by atoms with E-state index in [9.17, 15) is 0 Å². The Labute approximate surface area is 116 Å². The zero-order valence-electron chi connectivity index (χ0n) is 12.4. The first-order valence-electron chi connectivity index (χ1n) is 7.55. The van der Waals surface area contributed by atoms with Crippen LogP contribution >= 0.6 is 0 Å². The van der Waals surface area contributed by atoms with Crippen LogP contribution in [0.15, 0.2) is 12.1 Å². The standard InChI is InChI=1S/C17H25NO/c1-12-10-14(15(19-3)11-13(12)2)16-17(8-9-18-16)6-4-5-7-17/h10-11,16,18H,4-9H2,1-3H3. The minimum absolute atomic E-state index is 0.490. The number of methoxy groups -OCH3 is 1. The van der Waals surface area contributed by atoms with Gasteiger partial charge in [0.15, 0.2) is 0 Å². The second kappa shape index (κ2) is 4.82. The number of ether oxygens (including phenoxy) is 1. The molecule has 0 amide bonds. The topological polar surface area (TPSA) is 21.3 Å². The molecule has 1 aromatic carbocycles. The van der Waals surface area contributed by atoms with Crippen molar-refractivity contribution in [2.75, 3.05) is 13.7 Å². The molecule has 3 rings (SSSR count). The summed E-state index contributed by atoms with van der Waals surface area (Å²) in [6.07, 6.45) is 6.87. The Hall–Kier alpha value is -1.02. The summed E-state index contributed by atoms with van der Waals surface area (Å²) in [5, 5.41) is 3.75. The maximum absolute atomic E-state index is 5.66. The lowest BCUT2D eigenvalue weighted by Gasteiger charge is -2.32. The molecule has 1 N–H and O–H groups in total. The van der Waals surface area contributed by atoms with Crippen LogP contribution in [0.3, 0.4) is 0 Å². The van der Waals surface area contributed by atoms with Gasteiger partial charge in [0.25, 0.3) is 0 Å². The number of hydrogen-bond donors (Lipinski definition) is 1. The van der Waals surface area contributed by atoms with E-state index in [-0.39, 0.29) is 0 Å². The van der Waals surface area contributed by atoms with Crippen LogP contribution in [0.25, 0.3) is 0 Å². The quantitative estimate of drug-likeness (QED) is 0.869. The molecule has 2 nitrogen and oxygen atoms in total. The average molecular weight is 259 g/mol. The van der Waals surface area contributed by atoms with Crippen molar-refractivity contribution in [2.24, 2.45) is 5.41 Å². The van der Waals surface area contributed by atoms with E-state index < -0.39 is 0 Å². The summed E-state index contributed by atoms with van der Waals surface area (Å²) < 4.78 is 5.66. The molecule has 1 aliphatic carbocycles. The van der Waals surface area contributed by atoms with Gasteiger partial charge in [-0.3, -0.25) is 0 Å². The van der Waals surface area contributed by atoms with E-state index in [4.69, 9.17) is 4.74 Å². The number of nitrogens with one attached hydrogen (secondary N) is 1. The molecule has 0 aromatic heterocycles. The van der Waals surface area contributed by atoms with Crippen molar-refractivity contribution in [2.45, 2.75) is 52.0 Å². The highest BCUT2D eigenvalue weighted by Crippen LogP contribution is 2.54. The fourth-order valence-electron chi connectivity index (χ4n) is 4.10. The van der Waals surface area contributed by atoms with E-state index in [1.807, 2.05) is 0 Å². The maximum Gasteiger partial charge on any atom is 0.123 e. The van der Waals surface area contributed by atoms with Crippen LogP contribution in [-0.2, 0) is 0 Å². The van der Waals surface area contributed by atoms with Gasteiger partial charge in [0.1, 0.15) is 5.75 Å². The Bertz CT molecular complexity index is 469. The highest BCUT2D eigenvalue weighted by molar-refractivity contribution is 5.44. The first kappa shape index (κ1) is 13.0. The summed E-state index contributed by atoms with van der Waals surface area (Å²) in [7, 11) is 1.80. The number of aryl methyl sites for hydroxylation is 2. The summed E-state index contributed by atoms with van der Waals surface area (Å²) in [6, 6.07) is 5.04. The van der Waals surface area contributed by atoms with E-state index in [2.05, 4.69) is 31.3 Å². The molecule has 1 aliphatic heterocycles. The molecule has 1 heterocycles. The van der Waals surface area contributed by atoms with Gasteiger partial charge in [-0.25, -0.2) is 0 Å². The van der Waals surface area contributed by atoms with Gasteiger partial charge in [0, 0.05) is 11.6 Å². The zero-order valence-corrected chi connectivity index (χ0v) is 12.4. The highest BCUT2D eigenvalue weighted by atomic mass is 16.5. The summed E-state index contributed by atoms with van der Waals surface area (Å²) in [6.45, 7) is 5.52. The van der Waals surface area contributed by atoms with E-state index >= 15 is 0 Å². The van der Waals surface area contributed by atoms with Gasteiger partial charge in [-0.05, 0) is 62.3 Å². The first-order chi connectivity index (χ1) is 9.16. The Kier molecular flexibility index (Phi) is 3.30. The number of hydrogen-bond acceptors (Lipinski definition) is 2. The lowest BCUT2D eigenvalue weighted by molar-refractivity contribution is 0.253. The molecule has 2 heteroatoms. The predicted molar refractivity (Wildman–Crippen MR) is 78.7 cm³/mol. The minimum Gasteiger partial charge on any atom is -0.496 e. The minimum atomic E-state index is 0.490. The predicted octanol–water partition coefficient (Wildman–Crippen LogP) is 3.91. The fraction of sp³-hybridized carbons (Fsp3) is 0.647. The molecule has 1 unspecified atom stereocenters. The first-order valence-corrected chi connectivity index (χ1v) is 7.55. The third-order valence-corrected chi connectivity index (χ3v) is 5.34. The molecule has 1 atom stereocenters. The fourth-order valence-corrected chi connectivity index (χ4v) is 4.10. The van der Waals surface area contributed by atoms with Crippen LogP contribution in [0.2, 0.25) is 0 Å². The average Bonchev–Trinajstić information content (AvgIpc) is 3.03. The van der Waals surface area contributed by atoms with Gasteiger partial charge >= 0.3 is 0 Å². The molecule has 104 valence electrons. The van der Waals surface area contributed by atoms with Crippen LogP contribution in [0, 0.1) is 19.3 Å². The molecular weight excluding hydrogens is 234 g/mol. The van der Waals surface area contributed by atoms with E-state index in [0.29, 0.717) is 11.5 Å². The second-order valence-corrected chi connectivity index (χ2v) is 6.39. The van der Waals surface area contributed by atoms with Crippen molar-refractivity contribution in [3.8, 4) is 5.75 Å². The van der Waals surface area contributed by atoms with E-state index in [1.165, 1.54) is 48.8 Å². The molecule has 2 aliphatic rings. The van der Waals surface area contributed by atoms with Crippen molar-refractivity contribution in [1.82, 2.24) is 5.32 Å². The van der Waals surface area contributed by atoms with Crippen LogP contribution in [-0.4, -0.2) is 13.7 Å². The van der Waals surface area contributed by atoms with Crippen LogP contribution in [0.5, 0.6) is 5.75 Å². The smallest absolute Gasteiger partial charge is 0.123 e. The van der Waals surface area contributed by atoms with Gasteiger partial charge in [-0.15, -0.1) is 0 Å². The largest absolute Gasteiger partial charge is 0.496 e. The third-order valence-electron chi connectivity index (χ3n) is 5.34. The van der Waals surface area contributed by atoms with Crippen LogP contribution in [0.4, 0.5) is 0 Å². The molecule has 1 saturated heterocycles. The summed E-state index contributed by atoms with van der Waals surface area (Å²) in [4.78, 5) is 0. The van der Waals surface area contributed by atoms with Crippen molar-refractivity contribution >= 4 is 0 Å². The van der Waals surface area contributed by atoms with Crippen molar-refractivity contribution in [1.29, 1.82) is 0 Å². The van der Waals surface area contributed by atoms with Gasteiger partial charge in [0.2, 0.25) is 0 Å². The van der Waals surface area contributed by atoms with E-state index in [1.54, 1.807) is 7.11 Å². The van der Waals surface area contributed by atoms with Gasteiger partial charge < -0.3 is 10.1 Å². The molecule has 0 bridgehead atoms. The number of rotatable bonds is 2. The third kappa shape index (κ3) is 2.06. The van der Waals surface area contributed by atoms with Crippen molar-refractivity contribution in [3.63, 3.8) is 0 Å². The Morgan fingerprint density at radius 2 is 1.79 bits per heavy atom. The highest BCUT2D eigenvalue weighted by Gasteiger charge is 2.46. The lowest BCUT2D eigenvalue weighted by Crippen LogP contribution is -2.27. The molecular formula is C17H25NO. The number of benzene rings is 1. The van der Waals surface area contributed by atoms with Crippen molar-refractivity contribution in [3.05, 3.63) is 28.8 Å². The summed E-state index contributed by atoms with van der Waals surface area (Å²) in [5.74, 6) is 1.06. The molecule has 1 saturated carbocycles. The zero-order chi connectivity index (χ0) is 13.5. The SMILES string of the molecule is COc1cc(C)c(C)cc1C1NCCC12CCCC2. The monoisotopic (exact) mass is 259 g/mol. The van der Waals surface area contributed by atoms with Crippen LogP contribution < -0.4 is 10.1 Å². The Morgan fingerprint density at radius 1 is 1.11 bits per heavy atom. The lowest BCUT2D eigenvalue weighted by atomic mass is 9.75. The molecule has 1 aromatic rings. The van der Waals surface area contributed by atoms with Gasteiger partial charge in [-0.1, -0.05) is 18.9 Å². The summed E-state index contributed by atoms with van der Waals surface area (Å²) >= 11 is 0. The van der Waals surface area contributed by atoms with Gasteiger partial charge in [0.05, 0.1) is 7.11 Å². The van der Waals surface area contributed by atoms with Crippen LogP contribution in [0.1, 0.15) is 54.8 Å². The molecule has 2 fully saturated rings. The normalized spacial score (nSPS) is 25.1. The van der Waals surface area contributed by atoms with Crippen molar-refractivity contribution < 1.29 is 4.74 Å².